The van der Waals surface area contributed by atoms with Crippen molar-refractivity contribution in [3.8, 4) is 11.5 Å². The van der Waals surface area contributed by atoms with Gasteiger partial charge in [-0.2, -0.15) is 11.3 Å². The number of methoxy groups -OCH3 is 2. The molecule has 1 saturated heterocycles. The summed E-state index contributed by atoms with van der Waals surface area (Å²) in [6, 6.07) is 7.44. The van der Waals surface area contributed by atoms with Crippen LogP contribution in [0.1, 0.15) is 11.6 Å². The minimum Gasteiger partial charge on any atom is -0.493 e. The number of hydrogen-bond donors (Lipinski definition) is 2. The number of amides is 2. The van der Waals surface area contributed by atoms with Gasteiger partial charge in [0.1, 0.15) is 0 Å². The van der Waals surface area contributed by atoms with Gasteiger partial charge >= 0.3 is 6.03 Å². The summed E-state index contributed by atoms with van der Waals surface area (Å²) in [7, 11) is 5.27. The highest BCUT2D eigenvalue weighted by molar-refractivity contribution is 7.07. The molecule has 0 aliphatic carbocycles. The summed E-state index contributed by atoms with van der Waals surface area (Å²) in [5.74, 6) is 1.09. The molecule has 7 nitrogen and oxygen atoms in total. The summed E-state index contributed by atoms with van der Waals surface area (Å²) in [5, 5.41) is 10.1. The fourth-order valence-corrected chi connectivity index (χ4v) is 4.10. The van der Waals surface area contributed by atoms with E-state index in [0.29, 0.717) is 23.7 Å². The van der Waals surface area contributed by atoms with Crippen molar-refractivity contribution in [1.82, 2.24) is 15.1 Å². The summed E-state index contributed by atoms with van der Waals surface area (Å²) in [6.07, 6.45) is 0. The molecule has 0 bridgehead atoms. The van der Waals surface area contributed by atoms with Gasteiger partial charge in [-0.25, -0.2) is 4.79 Å². The third-order valence-corrected chi connectivity index (χ3v) is 5.72. The average Bonchev–Trinajstić information content (AvgIpc) is 3.23. The van der Waals surface area contributed by atoms with Gasteiger partial charge in [-0.3, -0.25) is 4.90 Å². The molecular formula is C20H28N4O3S. The lowest BCUT2D eigenvalue weighted by Gasteiger charge is -2.38. The smallest absolute Gasteiger partial charge is 0.319 e. The van der Waals surface area contributed by atoms with Crippen LogP contribution in [0.2, 0.25) is 0 Å². The molecule has 1 fully saturated rings. The molecule has 0 unspecified atom stereocenters. The first kappa shape index (κ1) is 20.4. The molecule has 2 heterocycles. The van der Waals surface area contributed by atoms with Gasteiger partial charge < -0.3 is 25.0 Å². The number of piperazine rings is 1. The van der Waals surface area contributed by atoms with Gasteiger partial charge in [0.05, 0.1) is 25.9 Å². The number of thiophene rings is 1. The number of benzene rings is 1. The van der Waals surface area contributed by atoms with Crippen LogP contribution in [0.3, 0.4) is 0 Å². The van der Waals surface area contributed by atoms with Crippen LogP contribution in [0.15, 0.2) is 35.0 Å². The first-order valence-electron chi connectivity index (χ1n) is 9.33. The summed E-state index contributed by atoms with van der Waals surface area (Å²) < 4.78 is 10.7. The monoisotopic (exact) mass is 404 g/mol. The molecule has 0 spiro atoms. The second-order valence-electron chi connectivity index (χ2n) is 6.79. The Morgan fingerprint density at radius 3 is 2.61 bits per heavy atom. The molecule has 1 aliphatic rings. The van der Waals surface area contributed by atoms with E-state index in [4.69, 9.17) is 9.47 Å². The van der Waals surface area contributed by atoms with Gasteiger partial charge in [-0.1, -0.05) is 6.07 Å². The van der Waals surface area contributed by atoms with Crippen molar-refractivity contribution in [3.05, 3.63) is 40.6 Å². The standard InChI is InChI=1S/C20H28N4O3S/c1-23-8-10-24(11-9-23)17(15-7-12-28-14-15)13-21-20(25)22-16-5-4-6-18(26-2)19(16)27-3/h4-7,12,14,17H,8-11,13H2,1-3H3,(H2,21,22,25)/t17-/m1/s1. The Hall–Kier alpha value is -2.29. The zero-order chi connectivity index (χ0) is 19.9. The van der Waals surface area contributed by atoms with E-state index in [2.05, 4.69) is 44.3 Å². The Morgan fingerprint density at radius 2 is 1.96 bits per heavy atom. The highest BCUT2D eigenvalue weighted by atomic mass is 32.1. The second kappa shape index (κ2) is 9.77. The lowest BCUT2D eigenvalue weighted by Crippen LogP contribution is -2.48. The Bertz CT molecular complexity index is 761. The van der Waals surface area contributed by atoms with Crippen molar-refractivity contribution in [2.75, 3.05) is 59.3 Å². The predicted molar refractivity (Wildman–Crippen MR) is 113 cm³/mol. The van der Waals surface area contributed by atoms with Crippen LogP contribution in [-0.2, 0) is 0 Å². The van der Waals surface area contributed by atoms with Crippen LogP contribution >= 0.6 is 11.3 Å². The van der Waals surface area contributed by atoms with Crippen molar-refractivity contribution in [2.45, 2.75) is 6.04 Å². The molecule has 1 aromatic heterocycles. The lowest BCUT2D eigenvalue weighted by atomic mass is 10.1. The predicted octanol–water partition coefficient (Wildman–Crippen LogP) is 2.88. The maximum Gasteiger partial charge on any atom is 0.319 e. The molecule has 1 aliphatic heterocycles. The van der Waals surface area contributed by atoms with E-state index < -0.39 is 0 Å². The largest absolute Gasteiger partial charge is 0.493 e. The van der Waals surface area contributed by atoms with Crippen LogP contribution in [0.5, 0.6) is 11.5 Å². The Balaban J connectivity index is 1.64. The molecule has 2 aromatic rings. The number of urea groups is 1. The third-order valence-electron chi connectivity index (χ3n) is 5.01. The van der Waals surface area contributed by atoms with E-state index >= 15 is 0 Å². The van der Waals surface area contributed by atoms with Crippen molar-refractivity contribution in [2.24, 2.45) is 0 Å². The van der Waals surface area contributed by atoms with Crippen LogP contribution in [0.4, 0.5) is 10.5 Å². The number of likely N-dealkylation sites (N-methyl/N-ethyl adjacent to an activating group) is 1. The molecule has 28 heavy (non-hydrogen) atoms. The number of para-hydroxylation sites is 1. The van der Waals surface area contributed by atoms with E-state index in [1.54, 1.807) is 37.7 Å². The van der Waals surface area contributed by atoms with Crippen LogP contribution in [-0.4, -0.2) is 69.8 Å². The van der Waals surface area contributed by atoms with Crippen LogP contribution in [0.25, 0.3) is 0 Å². The first-order chi connectivity index (χ1) is 13.6. The number of nitrogens with zero attached hydrogens (tertiary/aromatic N) is 2. The van der Waals surface area contributed by atoms with E-state index in [-0.39, 0.29) is 12.1 Å². The van der Waals surface area contributed by atoms with Crippen LogP contribution in [0, 0.1) is 0 Å². The summed E-state index contributed by atoms with van der Waals surface area (Å²) in [6.45, 7) is 4.59. The fourth-order valence-electron chi connectivity index (χ4n) is 3.40. The van der Waals surface area contributed by atoms with E-state index in [9.17, 15) is 4.79 Å². The van der Waals surface area contributed by atoms with Crippen molar-refractivity contribution in [3.63, 3.8) is 0 Å². The minimum absolute atomic E-state index is 0.165. The van der Waals surface area contributed by atoms with Crippen molar-refractivity contribution in [1.29, 1.82) is 0 Å². The molecule has 0 saturated carbocycles. The van der Waals surface area contributed by atoms with Gasteiger partial charge in [-0.05, 0) is 41.6 Å². The van der Waals surface area contributed by atoms with Gasteiger partial charge in [-0.15, -0.1) is 0 Å². The topological polar surface area (TPSA) is 66.1 Å². The van der Waals surface area contributed by atoms with E-state index in [1.807, 2.05) is 6.07 Å². The molecule has 1 atom stereocenters. The third kappa shape index (κ3) is 4.95. The molecule has 152 valence electrons. The normalized spacial score (nSPS) is 16.4. The second-order valence-corrected chi connectivity index (χ2v) is 7.57. The Morgan fingerprint density at radius 1 is 1.18 bits per heavy atom. The zero-order valence-corrected chi connectivity index (χ0v) is 17.4. The number of carbonyl (C=O) groups excluding carboxylic acids is 1. The molecular weight excluding hydrogens is 376 g/mol. The molecule has 2 N–H and O–H groups in total. The van der Waals surface area contributed by atoms with Crippen molar-refractivity contribution >= 4 is 23.1 Å². The van der Waals surface area contributed by atoms with Crippen LogP contribution < -0.4 is 20.1 Å². The molecule has 0 radical (unpaired) electrons. The number of rotatable bonds is 7. The van der Waals surface area contributed by atoms with E-state index in [0.717, 1.165) is 26.2 Å². The highest BCUT2D eigenvalue weighted by Gasteiger charge is 2.25. The van der Waals surface area contributed by atoms with Crippen molar-refractivity contribution < 1.29 is 14.3 Å². The number of anilines is 1. The maximum absolute atomic E-state index is 12.5. The SMILES string of the molecule is COc1cccc(NC(=O)NC[C@H](c2ccsc2)N2CCN(C)CC2)c1OC. The average molecular weight is 405 g/mol. The van der Waals surface area contributed by atoms with Gasteiger partial charge in [0.2, 0.25) is 0 Å². The molecule has 2 amide bonds. The quantitative estimate of drug-likeness (QED) is 0.743. The van der Waals surface area contributed by atoms with Gasteiger partial charge in [0.15, 0.2) is 11.5 Å². The zero-order valence-electron chi connectivity index (χ0n) is 16.6. The lowest BCUT2D eigenvalue weighted by molar-refractivity contribution is 0.111. The molecule has 8 heteroatoms. The Kier molecular flexibility index (Phi) is 7.13. The summed E-state index contributed by atoms with van der Waals surface area (Å²) in [5.41, 5.74) is 1.82. The number of hydrogen-bond acceptors (Lipinski definition) is 6. The first-order valence-corrected chi connectivity index (χ1v) is 10.3. The summed E-state index contributed by atoms with van der Waals surface area (Å²) >= 11 is 1.68. The number of ether oxygens (including phenoxy) is 2. The van der Waals surface area contributed by atoms with Gasteiger partial charge in [0, 0.05) is 32.7 Å². The maximum atomic E-state index is 12.5. The fraction of sp³-hybridized carbons (Fsp3) is 0.450. The highest BCUT2D eigenvalue weighted by Crippen LogP contribution is 2.34. The van der Waals surface area contributed by atoms with E-state index in [1.165, 1.54) is 5.56 Å². The van der Waals surface area contributed by atoms with Gasteiger partial charge in [0.25, 0.3) is 0 Å². The molecule has 1 aromatic carbocycles. The Labute approximate surface area is 170 Å². The molecule has 3 rings (SSSR count). The minimum atomic E-state index is -0.263. The summed E-state index contributed by atoms with van der Waals surface area (Å²) in [4.78, 5) is 17.3. The number of carbonyl (C=O) groups is 1. The number of nitrogens with one attached hydrogen (secondary N) is 2.